The van der Waals surface area contributed by atoms with Crippen LogP contribution in [0.25, 0.3) is 0 Å². The SMILES string of the molecule is C=CC(=O)O/C(O)=C(/C=C/O)OC(=O)C=C. The molecule has 0 unspecified atom stereocenters. The molecule has 0 atom stereocenters. The molecule has 2 N–H and O–H groups in total. The van der Waals surface area contributed by atoms with E-state index in [1.165, 1.54) is 0 Å². The van der Waals surface area contributed by atoms with Gasteiger partial charge in [0.05, 0.1) is 6.26 Å². The Morgan fingerprint density at radius 1 is 1.06 bits per heavy atom. The number of ether oxygens (including phenoxy) is 2. The molecule has 0 aliphatic rings. The second kappa shape index (κ2) is 6.88. The molecule has 0 aliphatic heterocycles. The standard InChI is InChI=1S/C10H10O6/c1-3-8(12)15-7(5-6-11)10(14)16-9(13)4-2/h3-6,11,14H,1-2H2/b6-5+,10-7-. The lowest BCUT2D eigenvalue weighted by atomic mass is 10.5. The van der Waals surface area contributed by atoms with Crippen LogP contribution in [0.3, 0.4) is 0 Å². The van der Waals surface area contributed by atoms with Crippen LogP contribution in [0.5, 0.6) is 0 Å². The average molecular weight is 226 g/mol. The topological polar surface area (TPSA) is 93.1 Å². The maximum absolute atomic E-state index is 10.8. The van der Waals surface area contributed by atoms with Gasteiger partial charge in [-0.05, 0) is 0 Å². The van der Waals surface area contributed by atoms with E-state index < -0.39 is 23.6 Å². The zero-order chi connectivity index (χ0) is 12.6. The molecule has 0 aromatic carbocycles. The summed E-state index contributed by atoms with van der Waals surface area (Å²) >= 11 is 0. The van der Waals surface area contributed by atoms with Crippen LogP contribution in [-0.2, 0) is 19.1 Å². The van der Waals surface area contributed by atoms with Crippen LogP contribution in [-0.4, -0.2) is 22.2 Å². The van der Waals surface area contributed by atoms with E-state index in [0.29, 0.717) is 6.26 Å². The third-order valence-corrected chi connectivity index (χ3v) is 1.18. The number of allylic oxidation sites excluding steroid dienone is 1. The zero-order valence-corrected chi connectivity index (χ0v) is 8.25. The molecule has 0 saturated carbocycles. The van der Waals surface area contributed by atoms with Gasteiger partial charge in [0.15, 0.2) is 0 Å². The molecule has 0 rings (SSSR count). The molecule has 0 radical (unpaired) electrons. The Kier molecular flexibility index (Phi) is 5.81. The number of esters is 2. The molecule has 0 bridgehead atoms. The molecule has 0 aromatic rings. The molecular weight excluding hydrogens is 216 g/mol. The summed E-state index contributed by atoms with van der Waals surface area (Å²) in [6.45, 7) is 6.22. The van der Waals surface area contributed by atoms with Gasteiger partial charge >= 0.3 is 17.9 Å². The summed E-state index contributed by atoms with van der Waals surface area (Å²) in [4.78, 5) is 21.5. The molecule has 0 heterocycles. The van der Waals surface area contributed by atoms with Gasteiger partial charge < -0.3 is 19.7 Å². The predicted molar refractivity (Wildman–Crippen MR) is 54.0 cm³/mol. The fraction of sp³-hybridized carbons (Fsp3) is 0. The van der Waals surface area contributed by atoms with Gasteiger partial charge in [-0.1, -0.05) is 13.2 Å². The normalized spacial score (nSPS) is 11.5. The quantitative estimate of drug-likeness (QED) is 0.317. The molecule has 0 spiro atoms. The van der Waals surface area contributed by atoms with Crippen molar-refractivity contribution in [1.29, 1.82) is 0 Å². The van der Waals surface area contributed by atoms with Crippen LogP contribution in [0.1, 0.15) is 0 Å². The molecule has 0 fully saturated rings. The lowest BCUT2D eigenvalue weighted by Crippen LogP contribution is -2.07. The van der Waals surface area contributed by atoms with Gasteiger partial charge in [-0.3, -0.25) is 0 Å². The maximum Gasteiger partial charge on any atom is 0.338 e. The molecule has 6 nitrogen and oxygen atoms in total. The second-order valence-corrected chi connectivity index (χ2v) is 2.24. The van der Waals surface area contributed by atoms with Crippen LogP contribution >= 0.6 is 0 Å². The highest BCUT2D eigenvalue weighted by Crippen LogP contribution is 2.08. The number of aliphatic hydroxyl groups is 2. The smallest absolute Gasteiger partial charge is 0.338 e. The first kappa shape index (κ1) is 13.5. The van der Waals surface area contributed by atoms with Crippen molar-refractivity contribution in [2.45, 2.75) is 0 Å². The molecule has 6 heteroatoms. The number of rotatable bonds is 5. The summed E-state index contributed by atoms with van der Waals surface area (Å²) in [6, 6.07) is 0. The summed E-state index contributed by atoms with van der Waals surface area (Å²) in [6.07, 6.45) is 2.93. The summed E-state index contributed by atoms with van der Waals surface area (Å²) in [5.41, 5.74) is 0. The lowest BCUT2D eigenvalue weighted by molar-refractivity contribution is -0.141. The number of hydrogen-bond donors (Lipinski definition) is 2. The minimum atomic E-state index is -0.981. The Hall–Kier alpha value is -2.50. The fourth-order valence-electron chi connectivity index (χ4n) is 0.554. The van der Waals surface area contributed by atoms with Crippen LogP contribution in [0, 0.1) is 0 Å². The first-order chi connectivity index (χ1) is 7.54. The molecule has 16 heavy (non-hydrogen) atoms. The Morgan fingerprint density at radius 2 is 1.56 bits per heavy atom. The highest BCUT2D eigenvalue weighted by atomic mass is 16.6. The van der Waals surface area contributed by atoms with Crippen LogP contribution in [0.2, 0.25) is 0 Å². The number of aliphatic hydroxyl groups excluding tert-OH is 2. The first-order valence-electron chi connectivity index (χ1n) is 3.97. The van der Waals surface area contributed by atoms with E-state index in [9.17, 15) is 14.7 Å². The van der Waals surface area contributed by atoms with Gasteiger partial charge in [-0.15, -0.1) is 0 Å². The minimum Gasteiger partial charge on any atom is -0.515 e. The zero-order valence-electron chi connectivity index (χ0n) is 8.25. The van der Waals surface area contributed by atoms with Crippen molar-refractivity contribution in [3.05, 3.63) is 49.4 Å². The van der Waals surface area contributed by atoms with E-state index >= 15 is 0 Å². The number of carbonyl (C=O) groups excluding carboxylic acids is 2. The van der Waals surface area contributed by atoms with Gasteiger partial charge in [0.1, 0.15) is 0 Å². The van der Waals surface area contributed by atoms with Crippen molar-refractivity contribution in [3.63, 3.8) is 0 Å². The van der Waals surface area contributed by atoms with E-state index in [0.717, 1.165) is 18.2 Å². The third-order valence-electron chi connectivity index (χ3n) is 1.18. The van der Waals surface area contributed by atoms with Crippen molar-refractivity contribution < 1.29 is 29.3 Å². The highest BCUT2D eigenvalue weighted by Gasteiger charge is 2.12. The molecular formula is C10H10O6. The van der Waals surface area contributed by atoms with E-state index in [1.807, 2.05) is 0 Å². The van der Waals surface area contributed by atoms with E-state index in [-0.39, 0.29) is 0 Å². The van der Waals surface area contributed by atoms with Gasteiger partial charge in [-0.2, -0.15) is 0 Å². The van der Waals surface area contributed by atoms with Gasteiger partial charge in [0, 0.05) is 18.2 Å². The number of hydrogen-bond acceptors (Lipinski definition) is 6. The lowest BCUT2D eigenvalue weighted by Gasteiger charge is -2.04. The molecule has 0 aromatic heterocycles. The first-order valence-corrected chi connectivity index (χ1v) is 3.97. The van der Waals surface area contributed by atoms with Crippen LogP contribution in [0.15, 0.2) is 49.4 Å². The minimum absolute atomic E-state index is 0.490. The Labute approximate surface area is 91.4 Å². The van der Waals surface area contributed by atoms with E-state index in [1.54, 1.807) is 0 Å². The maximum atomic E-state index is 10.8. The third kappa shape index (κ3) is 4.66. The van der Waals surface area contributed by atoms with Crippen molar-refractivity contribution in [2.75, 3.05) is 0 Å². The Morgan fingerprint density at radius 3 is 2.00 bits per heavy atom. The van der Waals surface area contributed by atoms with Gasteiger partial charge in [0.25, 0.3) is 0 Å². The van der Waals surface area contributed by atoms with Crippen molar-refractivity contribution >= 4 is 11.9 Å². The van der Waals surface area contributed by atoms with Crippen LogP contribution in [0.4, 0.5) is 0 Å². The second-order valence-electron chi connectivity index (χ2n) is 2.24. The summed E-state index contributed by atoms with van der Waals surface area (Å²) in [7, 11) is 0. The van der Waals surface area contributed by atoms with Gasteiger partial charge in [0.2, 0.25) is 5.76 Å². The Bertz CT molecular complexity index is 364. The molecule has 0 amide bonds. The predicted octanol–water partition coefficient (Wildman–Crippen LogP) is 1.24. The average Bonchev–Trinajstić information content (AvgIpc) is 2.27. The molecule has 86 valence electrons. The van der Waals surface area contributed by atoms with Crippen molar-refractivity contribution in [1.82, 2.24) is 0 Å². The monoisotopic (exact) mass is 226 g/mol. The van der Waals surface area contributed by atoms with Crippen LogP contribution < -0.4 is 0 Å². The Balaban J connectivity index is 4.91. The summed E-state index contributed by atoms with van der Waals surface area (Å²) < 4.78 is 8.73. The van der Waals surface area contributed by atoms with Crippen molar-refractivity contribution in [2.24, 2.45) is 0 Å². The highest BCUT2D eigenvalue weighted by molar-refractivity contribution is 5.83. The summed E-state index contributed by atoms with van der Waals surface area (Å²) in [5, 5.41) is 17.7. The van der Waals surface area contributed by atoms with E-state index in [4.69, 9.17) is 5.11 Å². The fourth-order valence-corrected chi connectivity index (χ4v) is 0.554. The summed E-state index contributed by atoms with van der Waals surface area (Å²) in [5.74, 6) is -3.36. The van der Waals surface area contributed by atoms with E-state index in [2.05, 4.69) is 22.6 Å². The molecule has 0 saturated heterocycles. The van der Waals surface area contributed by atoms with Gasteiger partial charge in [-0.25, -0.2) is 9.59 Å². The largest absolute Gasteiger partial charge is 0.515 e. The molecule has 0 aliphatic carbocycles. The number of carbonyl (C=O) groups is 2. The van der Waals surface area contributed by atoms with Crippen molar-refractivity contribution in [3.8, 4) is 0 Å².